The first-order valence-electron chi connectivity index (χ1n) is 7.50. The lowest BCUT2D eigenvalue weighted by molar-refractivity contribution is -0.115. The van der Waals surface area contributed by atoms with E-state index < -0.39 is 0 Å². The molecule has 6 nitrogen and oxygen atoms in total. The highest BCUT2D eigenvalue weighted by molar-refractivity contribution is 8.00. The van der Waals surface area contributed by atoms with Gasteiger partial charge >= 0.3 is 0 Å². The molecular weight excluding hydrogens is 322 g/mol. The number of aromatic amines is 1. The second-order valence-electron chi connectivity index (χ2n) is 5.25. The Morgan fingerprint density at radius 3 is 2.75 bits per heavy atom. The summed E-state index contributed by atoms with van der Waals surface area (Å²) in [4.78, 5) is 20.9. The van der Waals surface area contributed by atoms with E-state index in [4.69, 9.17) is 0 Å². The lowest BCUT2D eigenvalue weighted by atomic mass is 10.2. The molecule has 0 bridgehead atoms. The van der Waals surface area contributed by atoms with Gasteiger partial charge in [0.2, 0.25) is 11.1 Å². The number of pyridine rings is 1. The van der Waals surface area contributed by atoms with E-state index in [-0.39, 0.29) is 11.2 Å². The summed E-state index contributed by atoms with van der Waals surface area (Å²) in [5.41, 5.74) is 2.56. The maximum absolute atomic E-state index is 12.3. The van der Waals surface area contributed by atoms with Gasteiger partial charge in [0.05, 0.1) is 5.25 Å². The summed E-state index contributed by atoms with van der Waals surface area (Å²) in [7, 11) is 0. The molecule has 0 saturated carbocycles. The molecule has 1 amide bonds. The average Bonchev–Trinajstić information content (AvgIpc) is 3.06. The molecule has 24 heavy (non-hydrogen) atoms. The Bertz CT molecular complexity index is 834. The van der Waals surface area contributed by atoms with Crippen LogP contribution < -0.4 is 5.32 Å². The number of benzene rings is 1. The summed E-state index contributed by atoms with van der Waals surface area (Å²) in [6, 6.07) is 13.3. The molecule has 0 radical (unpaired) electrons. The number of anilines is 1. The van der Waals surface area contributed by atoms with Crippen molar-refractivity contribution in [3.8, 4) is 11.5 Å². The monoisotopic (exact) mass is 339 g/mol. The number of hydrogen-bond acceptors (Lipinski definition) is 5. The van der Waals surface area contributed by atoms with E-state index in [1.54, 1.807) is 6.20 Å². The van der Waals surface area contributed by atoms with Crippen LogP contribution in [0.3, 0.4) is 0 Å². The van der Waals surface area contributed by atoms with Crippen molar-refractivity contribution in [3.63, 3.8) is 0 Å². The Hall–Kier alpha value is -2.67. The highest BCUT2D eigenvalue weighted by Gasteiger charge is 2.18. The van der Waals surface area contributed by atoms with Crippen molar-refractivity contribution in [1.29, 1.82) is 0 Å². The van der Waals surface area contributed by atoms with Crippen LogP contribution in [0.1, 0.15) is 12.5 Å². The number of para-hydroxylation sites is 1. The number of thioether (sulfide) groups is 1. The zero-order valence-corrected chi connectivity index (χ0v) is 14.2. The first-order chi connectivity index (χ1) is 11.6. The number of H-pyrrole nitrogens is 1. The largest absolute Gasteiger partial charge is 0.325 e. The molecule has 0 fully saturated rings. The van der Waals surface area contributed by atoms with Gasteiger partial charge in [0, 0.05) is 11.9 Å². The van der Waals surface area contributed by atoms with Crippen LogP contribution in [0.4, 0.5) is 5.69 Å². The van der Waals surface area contributed by atoms with Crippen LogP contribution in [0, 0.1) is 6.92 Å². The third-order valence-corrected chi connectivity index (χ3v) is 4.39. The summed E-state index contributed by atoms with van der Waals surface area (Å²) >= 11 is 1.30. The van der Waals surface area contributed by atoms with E-state index in [9.17, 15) is 4.79 Å². The Morgan fingerprint density at radius 2 is 2.00 bits per heavy atom. The fraction of sp³-hybridized carbons (Fsp3) is 0.176. The standard InChI is InChI=1S/C17H17N5OS/c1-11-7-3-4-8-13(11)19-16(23)12(2)24-17-20-15(21-22-17)14-9-5-6-10-18-14/h3-10,12H,1-2H3,(H,19,23)(H,20,21,22). The van der Waals surface area contributed by atoms with Crippen LogP contribution in [0.2, 0.25) is 0 Å². The molecule has 1 aromatic carbocycles. The average molecular weight is 339 g/mol. The van der Waals surface area contributed by atoms with E-state index >= 15 is 0 Å². The van der Waals surface area contributed by atoms with Crippen LogP contribution in [-0.2, 0) is 4.79 Å². The molecule has 2 aromatic heterocycles. The topological polar surface area (TPSA) is 83.6 Å². The number of carbonyl (C=O) groups is 1. The van der Waals surface area contributed by atoms with Gasteiger partial charge in [0.25, 0.3) is 0 Å². The van der Waals surface area contributed by atoms with Gasteiger partial charge in [-0.2, -0.15) is 4.98 Å². The van der Waals surface area contributed by atoms with E-state index in [2.05, 4.69) is 25.5 Å². The van der Waals surface area contributed by atoms with Gasteiger partial charge in [-0.15, -0.1) is 5.10 Å². The third-order valence-electron chi connectivity index (χ3n) is 3.43. The molecule has 3 aromatic rings. The van der Waals surface area contributed by atoms with Gasteiger partial charge in [-0.05, 0) is 37.6 Å². The van der Waals surface area contributed by atoms with Gasteiger partial charge in [-0.25, -0.2) is 0 Å². The maximum atomic E-state index is 12.3. The van der Waals surface area contributed by atoms with Crippen molar-refractivity contribution in [2.45, 2.75) is 24.3 Å². The zero-order valence-electron chi connectivity index (χ0n) is 13.4. The van der Waals surface area contributed by atoms with Gasteiger partial charge in [0.1, 0.15) is 5.69 Å². The maximum Gasteiger partial charge on any atom is 0.237 e. The van der Waals surface area contributed by atoms with Crippen LogP contribution in [-0.4, -0.2) is 31.3 Å². The van der Waals surface area contributed by atoms with E-state index in [0.29, 0.717) is 16.7 Å². The van der Waals surface area contributed by atoms with Crippen molar-refractivity contribution in [1.82, 2.24) is 20.2 Å². The van der Waals surface area contributed by atoms with Crippen LogP contribution in [0.5, 0.6) is 0 Å². The number of nitrogens with one attached hydrogen (secondary N) is 2. The summed E-state index contributed by atoms with van der Waals surface area (Å²) in [5.74, 6) is 0.503. The second-order valence-corrected chi connectivity index (χ2v) is 6.55. The van der Waals surface area contributed by atoms with Crippen molar-refractivity contribution >= 4 is 23.4 Å². The predicted octanol–water partition coefficient (Wildman–Crippen LogP) is 3.29. The molecule has 1 atom stereocenters. The minimum Gasteiger partial charge on any atom is -0.325 e. The zero-order chi connectivity index (χ0) is 16.9. The summed E-state index contributed by atoms with van der Waals surface area (Å²) in [6.07, 6.45) is 1.70. The molecule has 7 heteroatoms. The minimum atomic E-state index is -0.322. The predicted molar refractivity (Wildman–Crippen MR) is 94.7 cm³/mol. The van der Waals surface area contributed by atoms with E-state index in [0.717, 1.165) is 11.3 Å². The highest BCUT2D eigenvalue weighted by Crippen LogP contribution is 2.23. The molecule has 2 heterocycles. The van der Waals surface area contributed by atoms with Crippen LogP contribution in [0.15, 0.2) is 53.8 Å². The number of rotatable bonds is 5. The first-order valence-corrected chi connectivity index (χ1v) is 8.38. The minimum absolute atomic E-state index is 0.0847. The normalized spacial score (nSPS) is 11.9. The molecule has 0 spiro atoms. The molecule has 0 aliphatic heterocycles. The van der Waals surface area contributed by atoms with Gasteiger partial charge in [-0.3, -0.25) is 14.9 Å². The Balaban J connectivity index is 1.65. The van der Waals surface area contributed by atoms with Crippen molar-refractivity contribution in [2.24, 2.45) is 0 Å². The fourth-order valence-electron chi connectivity index (χ4n) is 2.08. The Kier molecular flexibility index (Phi) is 4.90. The molecule has 0 saturated heterocycles. The molecule has 3 rings (SSSR count). The van der Waals surface area contributed by atoms with Crippen molar-refractivity contribution in [2.75, 3.05) is 5.32 Å². The highest BCUT2D eigenvalue weighted by atomic mass is 32.2. The van der Waals surface area contributed by atoms with E-state index in [1.807, 2.05) is 56.3 Å². The number of amides is 1. The molecular formula is C17H17N5OS. The van der Waals surface area contributed by atoms with Crippen LogP contribution >= 0.6 is 11.8 Å². The van der Waals surface area contributed by atoms with Gasteiger partial charge in [-0.1, -0.05) is 36.0 Å². The molecule has 0 aliphatic carbocycles. The van der Waals surface area contributed by atoms with Crippen molar-refractivity contribution in [3.05, 3.63) is 54.2 Å². The van der Waals surface area contributed by atoms with Gasteiger partial charge < -0.3 is 5.32 Å². The lowest BCUT2D eigenvalue weighted by Crippen LogP contribution is -2.22. The van der Waals surface area contributed by atoms with Crippen molar-refractivity contribution < 1.29 is 4.79 Å². The van der Waals surface area contributed by atoms with E-state index in [1.165, 1.54) is 11.8 Å². The molecule has 122 valence electrons. The number of nitrogens with zero attached hydrogens (tertiary/aromatic N) is 3. The SMILES string of the molecule is Cc1ccccc1NC(=O)C(C)Sc1n[nH]c(-c2ccccn2)n1. The first kappa shape index (κ1) is 16.2. The fourth-order valence-corrected chi connectivity index (χ4v) is 2.80. The number of aromatic nitrogens is 4. The molecule has 1 unspecified atom stereocenters. The Labute approximate surface area is 144 Å². The number of aryl methyl sites for hydroxylation is 1. The summed E-state index contributed by atoms with van der Waals surface area (Å²) in [6.45, 7) is 3.79. The lowest BCUT2D eigenvalue weighted by Gasteiger charge is -2.11. The number of hydrogen-bond donors (Lipinski definition) is 2. The Morgan fingerprint density at radius 1 is 1.21 bits per heavy atom. The summed E-state index contributed by atoms with van der Waals surface area (Å²) < 4.78 is 0. The third kappa shape index (κ3) is 3.80. The van der Waals surface area contributed by atoms with Gasteiger partial charge in [0.15, 0.2) is 5.82 Å². The molecule has 0 aliphatic rings. The van der Waals surface area contributed by atoms with Crippen LogP contribution in [0.25, 0.3) is 11.5 Å². The molecule has 2 N–H and O–H groups in total. The smallest absolute Gasteiger partial charge is 0.237 e. The quantitative estimate of drug-likeness (QED) is 0.697. The number of carbonyl (C=O) groups excluding carboxylic acids is 1. The summed E-state index contributed by atoms with van der Waals surface area (Å²) in [5, 5.41) is 10.1. The second kappa shape index (κ2) is 7.27.